The van der Waals surface area contributed by atoms with Crippen LogP contribution in [0.25, 0.3) is 21.9 Å². The van der Waals surface area contributed by atoms with Gasteiger partial charge in [0.2, 0.25) is 0 Å². The van der Waals surface area contributed by atoms with Gasteiger partial charge in [0.05, 0.1) is 5.41 Å². The van der Waals surface area contributed by atoms with E-state index >= 15 is 0 Å². The van der Waals surface area contributed by atoms with E-state index in [9.17, 15) is 9.90 Å². The van der Waals surface area contributed by atoms with E-state index in [-0.39, 0.29) is 11.7 Å². The maximum atomic E-state index is 12.9. The molecule has 0 radical (unpaired) electrons. The number of hydrogen-bond acceptors (Lipinski definition) is 3. The van der Waals surface area contributed by atoms with Crippen molar-refractivity contribution in [3.8, 4) is 22.6 Å². The average molecular weight is 389 g/mol. The van der Waals surface area contributed by atoms with Crippen molar-refractivity contribution in [2.75, 3.05) is 0 Å². The highest BCUT2D eigenvalue weighted by Crippen LogP contribution is 2.46. The molecule has 0 heterocycles. The molecule has 4 rings (SSSR count). The van der Waals surface area contributed by atoms with Crippen LogP contribution in [0.5, 0.6) is 11.5 Å². The minimum absolute atomic E-state index is 0.244. The predicted molar refractivity (Wildman–Crippen MR) is 117 cm³/mol. The largest absolute Gasteiger partial charge is 0.507 e. The van der Waals surface area contributed by atoms with Crippen molar-refractivity contribution < 1.29 is 14.6 Å². The summed E-state index contributed by atoms with van der Waals surface area (Å²) in [4.78, 5) is 12.9. The fourth-order valence-electron chi connectivity index (χ4n) is 4.07. The number of fused-ring (bicyclic) bond motifs is 2. The van der Waals surface area contributed by atoms with Crippen molar-refractivity contribution in [2.45, 2.75) is 52.9 Å². The number of rotatable bonds is 4. The van der Waals surface area contributed by atoms with E-state index in [2.05, 4.69) is 0 Å². The predicted octanol–water partition coefficient (Wildman–Crippen LogP) is 6.43. The Hall–Kier alpha value is -2.81. The Balaban J connectivity index is 1.97. The van der Waals surface area contributed by atoms with Gasteiger partial charge < -0.3 is 9.84 Å². The summed E-state index contributed by atoms with van der Waals surface area (Å²) in [6, 6.07) is 15.7. The van der Waals surface area contributed by atoms with Crippen LogP contribution in [0, 0.1) is 5.41 Å². The summed E-state index contributed by atoms with van der Waals surface area (Å²) in [6.45, 7) is 5.79. The van der Waals surface area contributed by atoms with Gasteiger partial charge in [-0.15, -0.1) is 0 Å². The lowest BCUT2D eigenvalue weighted by Crippen LogP contribution is -2.28. The van der Waals surface area contributed by atoms with Crippen LogP contribution >= 0.6 is 0 Å². The van der Waals surface area contributed by atoms with E-state index in [0.717, 1.165) is 41.2 Å². The van der Waals surface area contributed by atoms with Crippen molar-refractivity contribution in [1.82, 2.24) is 0 Å². The molecule has 0 unspecified atom stereocenters. The molecule has 0 amide bonds. The van der Waals surface area contributed by atoms with E-state index in [1.165, 1.54) is 17.5 Å². The fourth-order valence-corrected chi connectivity index (χ4v) is 4.07. The van der Waals surface area contributed by atoms with Crippen LogP contribution in [0.4, 0.5) is 0 Å². The molecule has 1 aliphatic carbocycles. The SMILES string of the molecule is CCC(C)(C)C(=O)Oc1ccc2ccccc2c1-c1c(O)ccc2c1CCCC2. The smallest absolute Gasteiger partial charge is 0.316 e. The summed E-state index contributed by atoms with van der Waals surface area (Å²) in [5.41, 5.74) is 3.53. The molecule has 0 aromatic heterocycles. The molecule has 0 spiro atoms. The number of phenols is 1. The van der Waals surface area contributed by atoms with Gasteiger partial charge in [0.1, 0.15) is 11.5 Å². The second kappa shape index (κ2) is 7.55. The zero-order chi connectivity index (χ0) is 20.6. The molecule has 3 aromatic carbocycles. The van der Waals surface area contributed by atoms with Crippen molar-refractivity contribution in [1.29, 1.82) is 0 Å². The first kappa shape index (κ1) is 19.5. The van der Waals surface area contributed by atoms with E-state index in [1.54, 1.807) is 6.07 Å². The van der Waals surface area contributed by atoms with Gasteiger partial charge in [-0.1, -0.05) is 43.3 Å². The summed E-state index contributed by atoms with van der Waals surface area (Å²) in [5, 5.41) is 13.0. The number of ether oxygens (including phenoxy) is 1. The zero-order valence-electron chi connectivity index (χ0n) is 17.4. The lowest BCUT2D eigenvalue weighted by molar-refractivity contribution is -0.144. The van der Waals surface area contributed by atoms with E-state index in [4.69, 9.17) is 4.74 Å². The Morgan fingerprint density at radius 2 is 1.76 bits per heavy atom. The van der Waals surface area contributed by atoms with Crippen LogP contribution in [0.1, 0.15) is 51.2 Å². The Bertz CT molecular complexity index is 1080. The first-order valence-corrected chi connectivity index (χ1v) is 10.5. The van der Waals surface area contributed by atoms with E-state index in [0.29, 0.717) is 12.2 Å². The Morgan fingerprint density at radius 1 is 1.00 bits per heavy atom. The molecule has 1 aliphatic rings. The van der Waals surface area contributed by atoms with Gasteiger partial charge in [0.15, 0.2) is 0 Å². The van der Waals surface area contributed by atoms with Crippen LogP contribution in [-0.4, -0.2) is 11.1 Å². The molecule has 29 heavy (non-hydrogen) atoms. The van der Waals surface area contributed by atoms with Crippen molar-refractivity contribution in [2.24, 2.45) is 5.41 Å². The highest BCUT2D eigenvalue weighted by Gasteiger charge is 2.30. The molecular formula is C26H28O3. The summed E-state index contributed by atoms with van der Waals surface area (Å²) >= 11 is 0. The number of benzene rings is 3. The summed E-state index contributed by atoms with van der Waals surface area (Å²) in [7, 11) is 0. The van der Waals surface area contributed by atoms with Crippen LogP contribution in [0.2, 0.25) is 0 Å². The van der Waals surface area contributed by atoms with E-state index < -0.39 is 5.41 Å². The molecule has 0 bridgehead atoms. The monoisotopic (exact) mass is 388 g/mol. The molecule has 0 fully saturated rings. The number of carbonyl (C=O) groups is 1. The van der Waals surface area contributed by atoms with Crippen molar-refractivity contribution in [3.05, 3.63) is 59.7 Å². The maximum absolute atomic E-state index is 12.9. The van der Waals surface area contributed by atoms with Crippen LogP contribution in [-0.2, 0) is 17.6 Å². The third-order valence-corrected chi connectivity index (χ3v) is 6.29. The minimum Gasteiger partial charge on any atom is -0.507 e. The van der Waals surface area contributed by atoms with Gasteiger partial charge in [-0.2, -0.15) is 0 Å². The molecule has 3 heteroatoms. The average Bonchev–Trinajstić information content (AvgIpc) is 2.74. The molecule has 3 nitrogen and oxygen atoms in total. The summed E-state index contributed by atoms with van der Waals surface area (Å²) in [6.07, 6.45) is 4.91. The highest BCUT2D eigenvalue weighted by atomic mass is 16.5. The molecular weight excluding hydrogens is 360 g/mol. The number of esters is 1. The molecule has 1 N–H and O–H groups in total. The Morgan fingerprint density at radius 3 is 2.55 bits per heavy atom. The van der Waals surface area contributed by atoms with Crippen LogP contribution < -0.4 is 4.74 Å². The Labute approximate surface area is 172 Å². The summed E-state index contributed by atoms with van der Waals surface area (Å²) in [5.74, 6) is 0.513. The third-order valence-electron chi connectivity index (χ3n) is 6.29. The molecule has 0 saturated carbocycles. The fraction of sp³-hybridized carbons (Fsp3) is 0.346. The van der Waals surface area contributed by atoms with Crippen molar-refractivity contribution in [3.63, 3.8) is 0 Å². The van der Waals surface area contributed by atoms with E-state index in [1.807, 2.05) is 63.2 Å². The molecule has 0 saturated heterocycles. The highest BCUT2D eigenvalue weighted by molar-refractivity contribution is 6.03. The normalized spacial score (nSPS) is 13.9. The second-order valence-electron chi connectivity index (χ2n) is 8.59. The zero-order valence-corrected chi connectivity index (χ0v) is 17.4. The molecule has 3 aromatic rings. The standard InChI is InChI=1S/C26H28O3/c1-4-26(2,3)25(28)29-22-16-14-18-10-6-8-12-20(18)24(22)23-19-11-7-5-9-17(19)13-15-21(23)27/h6,8,10,12-16,27H,4-5,7,9,11H2,1-3H3. The lowest BCUT2D eigenvalue weighted by Gasteiger charge is -2.25. The lowest BCUT2D eigenvalue weighted by atomic mass is 9.83. The van der Waals surface area contributed by atoms with Gasteiger partial charge in [0, 0.05) is 11.1 Å². The van der Waals surface area contributed by atoms with Crippen LogP contribution in [0.3, 0.4) is 0 Å². The number of aryl methyl sites for hydroxylation is 1. The van der Waals surface area contributed by atoms with Crippen LogP contribution in [0.15, 0.2) is 48.5 Å². The van der Waals surface area contributed by atoms with Gasteiger partial charge in [0.25, 0.3) is 0 Å². The number of hydrogen-bond donors (Lipinski definition) is 1. The quantitative estimate of drug-likeness (QED) is 0.414. The van der Waals surface area contributed by atoms with Gasteiger partial charge in [-0.25, -0.2) is 0 Å². The maximum Gasteiger partial charge on any atom is 0.316 e. The van der Waals surface area contributed by atoms with Gasteiger partial charge >= 0.3 is 5.97 Å². The molecule has 0 aliphatic heterocycles. The number of aromatic hydroxyl groups is 1. The van der Waals surface area contributed by atoms with Crippen molar-refractivity contribution >= 4 is 16.7 Å². The topological polar surface area (TPSA) is 46.5 Å². The first-order chi connectivity index (χ1) is 13.9. The second-order valence-corrected chi connectivity index (χ2v) is 8.59. The van der Waals surface area contributed by atoms with Gasteiger partial charge in [-0.05, 0) is 80.0 Å². The minimum atomic E-state index is -0.568. The molecule has 150 valence electrons. The molecule has 0 atom stereocenters. The first-order valence-electron chi connectivity index (χ1n) is 10.5. The third kappa shape index (κ3) is 3.50. The van der Waals surface area contributed by atoms with Gasteiger partial charge in [-0.3, -0.25) is 4.79 Å². The summed E-state index contributed by atoms with van der Waals surface area (Å²) < 4.78 is 5.96. The number of phenolic OH excluding ortho intramolecular Hbond substituents is 1. The number of carbonyl (C=O) groups excluding carboxylic acids is 1. The Kier molecular flexibility index (Phi) is 5.08.